The molecule has 0 saturated carbocycles. The first-order valence-corrected chi connectivity index (χ1v) is 4.25. The Labute approximate surface area is 81.5 Å². The lowest BCUT2D eigenvalue weighted by atomic mass is 10.1. The van der Waals surface area contributed by atoms with Crippen LogP contribution in [0.4, 0.5) is 11.7 Å². The number of benzene rings is 1. The van der Waals surface area contributed by atoms with Gasteiger partial charge >= 0.3 is 0 Å². The van der Waals surface area contributed by atoms with E-state index in [1.165, 1.54) is 0 Å². The fraction of sp³-hybridized carbons (Fsp3) is 0.100. The van der Waals surface area contributed by atoms with Crippen LogP contribution >= 0.6 is 0 Å². The molecule has 2 aromatic rings. The molecule has 4 N–H and O–H groups in total. The van der Waals surface area contributed by atoms with E-state index in [0.717, 1.165) is 16.9 Å². The second-order valence-corrected chi connectivity index (χ2v) is 3.08. The average molecular weight is 189 g/mol. The quantitative estimate of drug-likeness (QED) is 0.670. The van der Waals surface area contributed by atoms with Crippen molar-refractivity contribution in [3.05, 3.63) is 30.0 Å². The van der Waals surface area contributed by atoms with E-state index in [0.29, 0.717) is 5.76 Å². The fourth-order valence-electron chi connectivity index (χ4n) is 1.33. The van der Waals surface area contributed by atoms with Crippen molar-refractivity contribution in [1.29, 1.82) is 0 Å². The van der Waals surface area contributed by atoms with Crippen molar-refractivity contribution in [2.24, 2.45) is 0 Å². The number of nitrogens with two attached hydrogens (primary N) is 2. The molecule has 1 aromatic heterocycles. The van der Waals surface area contributed by atoms with E-state index in [2.05, 4.69) is 4.98 Å². The van der Waals surface area contributed by atoms with Crippen LogP contribution in [0.2, 0.25) is 0 Å². The molecule has 0 radical (unpaired) electrons. The highest BCUT2D eigenvalue weighted by atomic mass is 16.4. The Kier molecular flexibility index (Phi) is 1.89. The van der Waals surface area contributed by atoms with Gasteiger partial charge in [-0.25, -0.2) is 0 Å². The van der Waals surface area contributed by atoms with Gasteiger partial charge in [-0.2, -0.15) is 4.98 Å². The Bertz CT molecular complexity index is 445. The molecule has 0 bridgehead atoms. The Morgan fingerprint density at radius 3 is 2.29 bits per heavy atom. The topological polar surface area (TPSA) is 78.1 Å². The molecule has 0 unspecified atom stereocenters. The summed E-state index contributed by atoms with van der Waals surface area (Å²) in [7, 11) is 0. The number of nitrogen functional groups attached to an aromatic ring is 2. The fourth-order valence-corrected chi connectivity index (χ4v) is 1.33. The normalized spacial score (nSPS) is 10.4. The molecule has 0 amide bonds. The van der Waals surface area contributed by atoms with Gasteiger partial charge < -0.3 is 15.9 Å². The maximum Gasteiger partial charge on any atom is 0.292 e. The molecule has 4 nitrogen and oxygen atoms in total. The Morgan fingerprint density at radius 2 is 1.79 bits per heavy atom. The molecule has 0 aliphatic rings. The zero-order valence-electron chi connectivity index (χ0n) is 7.82. The Morgan fingerprint density at radius 1 is 1.14 bits per heavy atom. The lowest BCUT2D eigenvalue weighted by Gasteiger charge is -1.97. The first kappa shape index (κ1) is 8.62. The van der Waals surface area contributed by atoms with E-state index in [1.807, 2.05) is 31.2 Å². The molecule has 72 valence electrons. The van der Waals surface area contributed by atoms with Gasteiger partial charge in [0.15, 0.2) is 0 Å². The van der Waals surface area contributed by atoms with E-state index in [1.54, 1.807) is 0 Å². The molecule has 0 aliphatic carbocycles. The van der Waals surface area contributed by atoms with Crippen molar-refractivity contribution >= 4 is 11.7 Å². The maximum absolute atomic E-state index is 5.58. The first-order chi connectivity index (χ1) is 6.66. The summed E-state index contributed by atoms with van der Waals surface area (Å²) in [5, 5.41) is 0. The van der Waals surface area contributed by atoms with Crippen molar-refractivity contribution in [1.82, 2.24) is 4.98 Å². The van der Waals surface area contributed by atoms with Crippen LogP contribution in [0.15, 0.2) is 28.7 Å². The zero-order valence-corrected chi connectivity index (χ0v) is 7.82. The maximum atomic E-state index is 5.58. The molecule has 14 heavy (non-hydrogen) atoms. The molecule has 4 heteroatoms. The molecule has 1 aromatic carbocycles. The molecule has 0 spiro atoms. The third-order valence-electron chi connectivity index (χ3n) is 2.00. The summed E-state index contributed by atoms with van der Waals surface area (Å²) >= 11 is 0. The van der Waals surface area contributed by atoms with Gasteiger partial charge in [0.1, 0.15) is 11.5 Å². The van der Waals surface area contributed by atoms with Gasteiger partial charge in [0.25, 0.3) is 6.01 Å². The summed E-state index contributed by atoms with van der Waals surface area (Å²) in [6, 6.07) is 7.60. The van der Waals surface area contributed by atoms with Crippen LogP contribution in [-0.4, -0.2) is 4.98 Å². The van der Waals surface area contributed by atoms with E-state index < -0.39 is 0 Å². The summed E-state index contributed by atoms with van der Waals surface area (Å²) < 4.78 is 5.13. The standard InChI is InChI=1S/C10H11N3O/c1-6-9(13-10(12)14-6)7-2-4-8(11)5-3-7/h2-5H,11H2,1H3,(H2,12,13). The number of aromatic nitrogens is 1. The molecular formula is C10H11N3O. The van der Waals surface area contributed by atoms with Gasteiger partial charge in [-0.1, -0.05) is 12.1 Å². The van der Waals surface area contributed by atoms with Crippen LogP contribution in [0.3, 0.4) is 0 Å². The molecule has 0 saturated heterocycles. The third kappa shape index (κ3) is 1.42. The zero-order chi connectivity index (χ0) is 10.1. The minimum absolute atomic E-state index is 0.189. The summed E-state index contributed by atoms with van der Waals surface area (Å²) in [5.41, 5.74) is 13.5. The Hall–Kier alpha value is -1.97. The SMILES string of the molecule is Cc1oc(N)nc1-c1ccc(N)cc1. The van der Waals surface area contributed by atoms with Crippen LogP contribution in [-0.2, 0) is 0 Å². The van der Waals surface area contributed by atoms with Crippen LogP contribution in [0.1, 0.15) is 5.76 Å². The number of rotatable bonds is 1. The monoisotopic (exact) mass is 189 g/mol. The smallest absolute Gasteiger partial charge is 0.292 e. The predicted molar refractivity (Wildman–Crippen MR) is 55.5 cm³/mol. The highest BCUT2D eigenvalue weighted by Crippen LogP contribution is 2.24. The second-order valence-electron chi connectivity index (χ2n) is 3.08. The van der Waals surface area contributed by atoms with Gasteiger partial charge in [-0.3, -0.25) is 0 Å². The van der Waals surface area contributed by atoms with Crippen LogP contribution in [0, 0.1) is 6.92 Å². The highest BCUT2D eigenvalue weighted by molar-refractivity contribution is 5.64. The molecule has 0 atom stereocenters. The second kappa shape index (κ2) is 3.06. The Balaban J connectivity index is 2.49. The first-order valence-electron chi connectivity index (χ1n) is 4.25. The predicted octanol–water partition coefficient (Wildman–Crippen LogP) is 1.81. The summed E-state index contributed by atoms with van der Waals surface area (Å²) in [6.45, 7) is 1.83. The van der Waals surface area contributed by atoms with Crippen LogP contribution < -0.4 is 11.5 Å². The van der Waals surface area contributed by atoms with E-state index in [4.69, 9.17) is 15.9 Å². The van der Waals surface area contributed by atoms with Crippen molar-refractivity contribution < 1.29 is 4.42 Å². The van der Waals surface area contributed by atoms with Gasteiger partial charge in [0.2, 0.25) is 0 Å². The van der Waals surface area contributed by atoms with Crippen molar-refractivity contribution in [3.8, 4) is 11.3 Å². The summed E-state index contributed by atoms with van der Waals surface area (Å²) in [4.78, 5) is 4.08. The van der Waals surface area contributed by atoms with Gasteiger partial charge in [0, 0.05) is 11.3 Å². The van der Waals surface area contributed by atoms with E-state index in [-0.39, 0.29) is 6.01 Å². The number of anilines is 2. The van der Waals surface area contributed by atoms with Crippen molar-refractivity contribution in [2.45, 2.75) is 6.92 Å². The van der Waals surface area contributed by atoms with Crippen LogP contribution in [0.5, 0.6) is 0 Å². The number of hydrogen-bond acceptors (Lipinski definition) is 4. The number of oxazole rings is 1. The molecule has 0 aliphatic heterocycles. The van der Waals surface area contributed by atoms with Crippen LogP contribution in [0.25, 0.3) is 11.3 Å². The molecular weight excluding hydrogens is 178 g/mol. The van der Waals surface area contributed by atoms with Gasteiger partial charge in [-0.15, -0.1) is 0 Å². The molecule has 2 rings (SSSR count). The minimum atomic E-state index is 0.189. The molecule has 1 heterocycles. The molecule has 0 fully saturated rings. The minimum Gasteiger partial charge on any atom is -0.429 e. The third-order valence-corrected chi connectivity index (χ3v) is 2.00. The lowest BCUT2D eigenvalue weighted by molar-refractivity contribution is 0.549. The number of nitrogens with zero attached hydrogens (tertiary/aromatic N) is 1. The number of aryl methyl sites for hydroxylation is 1. The lowest BCUT2D eigenvalue weighted by Crippen LogP contribution is -1.86. The highest BCUT2D eigenvalue weighted by Gasteiger charge is 2.08. The number of hydrogen-bond donors (Lipinski definition) is 2. The van der Waals surface area contributed by atoms with E-state index in [9.17, 15) is 0 Å². The van der Waals surface area contributed by atoms with E-state index >= 15 is 0 Å². The largest absolute Gasteiger partial charge is 0.429 e. The summed E-state index contributed by atoms with van der Waals surface area (Å²) in [6.07, 6.45) is 0. The van der Waals surface area contributed by atoms with Crippen molar-refractivity contribution in [2.75, 3.05) is 11.5 Å². The van der Waals surface area contributed by atoms with Crippen molar-refractivity contribution in [3.63, 3.8) is 0 Å². The van der Waals surface area contributed by atoms with Gasteiger partial charge in [-0.05, 0) is 19.1 Å². The van der Waals surface area contributed by atoms with Gasteiger partial charge in [0.05, 0.1) is 0 Å². The summed E-state index contributed by atoms with van der Waals surface area (Å²) in [5.74, 6) is 0.715. The average Bonchev–Trinajstić information content (AvgIpc) is 2.47.